The molecule has 0 fully saturated rings. The predicted octanol–water partition coefficient (Wildman–Crippen LogP) is 3.66. The van der Waals surface area contributed by atoms with Crippen molar-refractivity contribution in [2.75, 3.05) is 5.32 Å². The lowest BCUT2D eigenvalue weighted by Crippen LogP contribution is -2.03. The number of hydrogen-bond acceptors (Lipinski definition) is 2. The molecule has 16 heavy (non-hydrogen) atoms. The standard InChI is InChI=1S/C13H13ClN2/c1-10-3-2-8-15-13(10)9-16-12-6-4-11(14)5-7-12/h2-8,16H,9H2,1H3. The fourth-order valence-electron chi connectivity index (χ4n) is 1.46. The highest BCUT2D eigenvalue weighted by Gasteiger charge is 1.98. The molecule has 0 aliphatic rings. The van der Waals surface area contributed by atoms with Crippen LogP contribution < -0.4 is 5.32 Å². The number of aryl methyl sites for hydroxylation is 1. The van der Waals surface area contributed by atoms with Gasteiger partial charge in [0, 0.05) is 16.9 Å². The van der Waals surface area contributed by atoms with Crippen LogP contribution >= 0.6 is 11.6 Å². The van der Waals surface area contributed by atoms with E-state index in [1.54, 1.807) is 0 Å². The zero-order chi connectivity index (χ0) is 11.4. The Labute approximate surface area is 100 Å². The normalized spacial score (nSPS) is 10.1. The fraction of sp³-hybridized carbons (Fsp3) is 0.154. The van der Waals surface area contributed by atoms with Crippen molar-refractivity contribution in [2.45, 2.75) is 13.5 Å². The van der Waals surface area contributed by atoms with Crippen molar-refractivity contribution in [3.05, 3.63) is 58.9 Å². The highest BCUT2D eigenvalue weighted by molar-refractivity contribution is 6.30. The molecule has 0 atom stereocenters. The Kier molecular flexibility index (Phi) is 3.42. The van der Waals surface area contributed by atoms with Crippen LogP contribution in [0.2, 0.25) is 5.02 Å². The average molecular weight is 233 g/mol. The second-order valence-corrected chi connectivity index (χ2v) is 4.06. The number of rotatable bonds is 3. The molecular formula is C13H13ClN2. The number of halogens is 1. The number of nitrogens with zero attached hydrogens (tertiary/aromatic N) is 1. The van der Waals surface area contributed by atoms with Crippen LogP contribution in [0.1, 0.15) is 11.3 Å². The molecule has 2 nitrogen and oxygen atoms in total. The van der Waals surface area contributed by atoms with Crippen molar-refractivity contribution in [3.8, 4) is 0 Å². The quantitative estimate of drug-likeness (QED) is 0.874. The lowest BCUT2D eigenvalue weighted by molar-refractivity contribution is 1.02. The van der Waals surface area contributed by atoms with Gasteiger partial charge in [-0.3, -0.25) is 4.98 Å². The van der Waals surface area contributed by atoms with Gasteiger partial charge in [0.25, 0.3) is 0 Å². The van der Waals surface area contributed by atoms with Crippen LogP contribution in [-0.4, -0.2) is 4.98 Å². The summed E-state index contributed by atoms with van der Waals surface area (Å²) in [7, 11) is 0. The van der Waals surface area contributed by atoms with E-state index in [1.807, 2.05) is 36.5 Å². The van der Waals surface area contributed by atoms with E-state index >= 15 is 0 Å². The van der Waals surface area contributed by atoms with Crippen LogP contribution in [0.15, 0.2) is 42.6 Å². The molecule has 82 valence electrons. The first-order valence-corrected chi connectivity index (χ1v) is 5.53. The van der Waals surface area contributed by atoms with Gasteiger partial charge in [0.1, 0.15) is 0 Å². The van der Waals surface area contributed by atoms with Gasteiger partial charge in [-0.2, -0.15) is 0 Å². The molecule has 0 unspecified atom stereocenters. The fourth-order valence-corrected chi connectivity index (χ4v) is 1.58. The molecule has 1 aromatic carbocycles. The monoisotopic (exact) mass is 232 g/mol. The van der Waals surface area contributed by atoms with Gasteiger partial charge < -0.3 is 5.32 Å². The van der Waals surface area contributed by atoms with Gasteiger partial charge in [-0.15, -0.1) is 0 Å². The largest absolute Gasteiger partial charge is 0.379 e. The summed E-state index contributed by atoms with van der Waals surface area (Å²) in [6.45, 7) is 2.79. The maximum atomic E-state index is 5.81. The van der Waals surface area contributed by atoms with Crippen molar-refractivity contribution < 1.29 is 0 Å². The van der Waals surface area contributed by atoms with E-state index in [1.165, 1.54) is 5.56 Å². The molecule has 0 bridgehead atoms. The van der Waals surface area contributed by atoms with Crippen LogP contribution in [0.4, 0.5) is 5.69 Å². The van der Waals surface area contributed by atoms with Gasteiger partial charge in [-0.1, -0.05) is 17.7 Å². The minimum Gasteiger partial charge on any atom is -0.379 e. The van der Waals surface area contributed by atoms with E-state index in [0.29, 0.717) is 0 Å². The molecule has 0 aliphatic heterocycles. The zero-order valence-corrected chi connectivity index (χ0v) is 9.83. The van der Waals surface area contributed by atoms with Gasteiger partial charge in [0.2, 0.25) is 0 Å². The molecule has 2 rings (SSSR count). The molecular weight excluding hydrogens is 220 g/mol. The smallest absolute Gasteiger partial charge is 0.0623 e. The first-order chi connectivity index (χ1) is 7.75. The van der Waals surface area contributed by atoms with Crippen molar-refractivity contribution in [1.82, 2.24) is 4.98 Å². The Bertz CT molecular complexity index is 466. The third-order valence-corrected chi connectivity index (χ3v) is 2.67. The highest BCUT2D eigenvalue weighted by atomic mass is 35.5. The lowest BCUT2D eigenvalue weighted by Gasteiger charge is -2.07. The van der Waals surface area contributed by atoms with Crippen LogP contribution in [0.25, 0.3) is 0 Å². The third kappa shape index (κ3) is 2.74. The number of anilines is 1. The molecule has 0 aliphatic carbocycles. The first-order valence-electron chi connectivity index (χ1n) is 5.15. The third-order valence-electron chi connectivity index (χ3n) is 2.42. The number of hydrogen-bond donors (Lipinski definition) is 1. The molecule has 0 radical (unpaired) electrons. The van der Waals surface area contributed by atoms with E-state index in [0.717, 1.165) is 22.9 Å². The second-order valence-electron chi connectivity index (χ2n) is 3.63. The summed E-state index contributed by atoms with van der Waals surface area (Å²) in [6, 6.07) is 11.7. The lowest BCUT2D eigenvalue weighted by atomic mass is 10.2. The Hall–Kier alpha value is -1.54. The van der Waals surface area contributed by atoms with Crippen LogP contribution in [0.3, 0.4) is 0 Å². The summed E-state index contributed by atoms with van der Waals surface area (Å²) in [4.78, 5) is 4.32. The van der Waals surface area contributed by atoms with Crippen molar-refractivity contribution in [2.24, 2.45) is 0 Å². The van der Waals surface area contributed by atoms with E-state index in [9.17, 15) is 0 Å². The number of pyridine rings is 1. The predicted molar refractivity (Wildman–Crippen MR) is 67.8 cm³/mol. The average Bonchev–Trinajstić information content (AvgIpc) is 2.30. The van der Waals surface area contributed by atoms with Crippen LogP contribution in [0, 0.1) is 6.92 Å². The van der Waals surface area contributed by atoms with E-state index in [2.05, 4.69) is 23.3 Å². The summed E-state index contributed by atoms with van der Waals surface area (Å²) in [5.74, 6) is 0. The number of aromatic nitrogens is 1. The maximum absolute atomic E-state index is 5.81. The van der Waals surface area contributed by atoms with E-state index in [4.69, 9.17) is 11.6 Å². The van der Waals surface area contributed by atoms with Gasteiger partial charge in [0.05, 0.1) is 12.2 Å². The summed E-state index contributed by atoms with van der Waals surface area (Å²) in [5, 5.41) is 4.06. The summed E-state index contributed by atoms with van der Waals surface area (Å²) in [6.07, 6.45) is 1.81. The minimum atomic E-state index is 0.730. The molecule has 2 aromatic rings. The van der Waals surface area contributed by atoms with Crippen molar-refractivity contribution in [1.29, 1.82) is 0 Å². The molecule has 0 saturated carbocycles. The maximum Gasteiger partial charge on any atom is 0.0623 e. The zero-order valence-electron chi connectivity index (χ0n) is 9.07. The van der Waals surface area contributed by atoms with Gasteiger partial charge in [-0.05, 0) is 42.8 Å². The molecule has 0 spiro atoms. The van der Waals surface area contributed by atoms with Gasteiger partial charge in [-0.25, -0.2) is 0 Å². The SMILES string of the molecule is Cc1cccnc1CNc1ccc(Cl)cc1. The Balaban J connectivity index is 2.02. The minimum absolute atomic E-state index is 0.730. The van der Waals surface area contributed by atoms with E-state index < -0.39 is 0 Å². The molecule has 1 heterocycles. The summed E-state index contributed by atoms with van der Waals surface area (Å²) < 4.78 is 0. The molecule has 3 heteroatoms. The number of nitrogens with one attached hydrogen (secondary N) is 1. The summed E-state index contributed by atoms with van der Waals surface area (Å²) >= 11 is 5.81. The van der Waals surface area contributed by atoms with Crippen LogP contribution in [-0.2, 0) is 6.54 Å². The van der Waals surface area contributed by atoms with Gasteiger partial charge >= 0.3 is 0 Å². The Morgan fingerprint density at radius 3 is 2.62 bits per heavy atom. The molecule has 0 amide bonds. The Morgan fingerprint density at radius 2 is 1.94 bits per heavy atom. The number of benzene rings is 1. The van der Waals surface area contributed by atoms with Crippen molar-refractivity contribution >= 4 is 17.3 Å². The van der Waals surface area contributed by atoms with Crippen molar-refractivity contribution in [3.63, 3.8) is 0 Å². The molecule has 1 aromatic heterocycles. The molecule has 1 N–H and O–H groups in total. The topological polar surface area (TPSA) is 24.9 Å². The highest BCUT2D eigenvalue weighted by Crippen LogP contribution is 2.14. The van der Waals surface area contributed by atoms with Gasteiger partial charge in [0.15, 0.2) is 0 Å². The Morgan fingerprint density at radius 1 is 1.19 bits per heavy atom. The van der Waals surface area contributed by atoms with E-state index in [-0.39, 0.29) is 0 Å². The van der Waals surface area contributed by atoms with Crippen LogP contribution in [0.5, 0.6) is 0 Å². The second kappa shape index (κ2) is 4.99. The molecule has 0 saturated heterocycles. The summed E-state index contributed by atoms with van der Waals surface area (Å²) in [5.41, 5.74) is 3.32. The first kappa shape index (κ1) is 11.0.